The van der Waals surface area contributed by atoms with E-state index in [1.54, 1.807) is 17.8 Å². The summed E-state index contributed by atoms with van der Waals surface area (Å²) >= 11 is 1.54. The molecule has 0 aliphatic rings. The quantitative estimate of drug-likeness (QED) is 0.651. The predicted octanol–water partition coefficient (Wildman–Crippen LogP) is 2.87. The lowest BCUT2D eigenvalue weighted by atomic mass is 10.2. The van der Waals surface area contributed by atoms with Gasteiger partial charge in [-0.05, 0) is 39.2 Å². The van der Waals surface area contributed by atoms with Gasteiger partial charge in [0.25, 0.3) is 5.91 Å². The summed E-state index contributed by atoms with van der Waals surface area (Å²) in [5.41, 5.74) is 2.71. The molecule has 0 unspecified atom stereocenters. The van der Waals surface area contributed by atoms with Crippen molar-refractivity contribution >= 4 is 17.7 Å². The summed E-state index contributed by atoms with van der Waals surface area (Å²) < 4.78 is 0. The number of hydrogen-bond acceptors (Lipinski definition) is 3. The van der Waals surface area contributed by atoms with Crippen LogP contribution in [0.1, 0.15) is 31.1 Å². The highest BCUT2D eigenvalue weighted by molar-refractivity contribution is 7.98. The van der Waals surface area contributed by atoms with Crippen LogP contribution in [0.2, 0.25) is 0 Å². The minimum atomic E-state index is -0.385. The Balaban J connectivity index is 2.73. The number of hydrogen-bond donors (Lipinski definition) is 1. The fourth-order valence-electron chi connectivity index (χ4n) is 1.09. The molecule has 1 aromatic carbocycles. The van der Waals surface area contributed by atoms with Gasteiger partial charge >= 0.3 is 0 Å². The second-order valence-corrected chi connectivity index (χ2v) is 5.19. The average Bonchev–Trinajstić information content (AvgIpc) is 2.25. The lowest BCUT2D eigenvalue weighted by Crippen LogP contribution is -2.33. The van der Waals surface area contributed by atoms with E-state index in [0.29, 0.717) is 5.56 Å². The summed E-state index contributed by atoms with van der Waals surface area (Å²) in [6.07, 6.45) is 1.94. The fourth-order valence-corrected chi connectivity index (χ4v) is 1.68. The van der Waals surface area contributed by atoms with Gasteiger partial charge in [-0.3, -0.25) is 9.63 Å². The van der Waals surface area contributed by atoms with Gasteiger partial charge in [0.05, 0.1) is 11.2 Å². The summed E-state index contributed by atoms with van der Waals surface area (Å²) in [6.45, 7) is 5.65. The van der Waals surface area contributed by atoms with Crippen molar-refractivity contribution in [2.45, 2.75) is 31.3 Å². The number of nitrogens with one attached hydrogen (secondary N) is 1. The number of benzene rings is 1. The van der Waals surface area contributed by atoms with Crippen LogP contribution in [0.4, 0.5) is 0 Å². The third-order valence-corrected chi connectivity index (χ3v) is 2.60. The minimum absolute atomic E-state index is 0.208. The van der Waals surface area contributed by atoms with Crippen LogP contribution in [-0.4, -0.2) is 17.8 Å². The maximum Gasteiger partial charge on any atom is 0.275 e. The van der Waals surface area contributed by atoms with Gasteiger partial charge in [-0.15, -0.1) is 11.8 Å². The fraction of sp³-hybridized carbons (Fsp3) is 0.417. The van der Waals surface area contributed by atoms with Crippen LogP contribution in [0.15, 0.2) is 29.2 Å². The minimum Gasteiger partial charge on any atom is -0.268 e. The molecule has 0 heterocycles. The van der Waals surface area contributed by atoms with Crippen LogP contribution >= 0.6 is 11.8 Å². The highest BCUT2D eigenvalue weighted by Crippen LogP contribution is 2.19. The molecule has 4 heteroatoms. The molecule has 0 aliphatic carbocycles. The first-order valence-corrected chi connectivity index (χ1v) is 6.28. The predicted molar refractivity (Wildman–Crippen MR) is 66.5 cm³/mol. The van der Waals surface area contributed by atoms with E-state index in [-0.39, 0.29) is 11.5 Å². The van der Waals surface area contributed by atoms with Crippen molar-refractivity contribution in [3.63, 3.8) is 0 Å². The Bertz CT molecular complexity index is 372. The first-order valence-electron chi connectivity index (χ1n) is 5.05. The summed E-state index contributed by atoms with van der Waals surface area (Å²) in [5.74, 6) is -0.208. The molecule has 0 saturated carbocycles. The highest BCUT2D eigenvalue weighted by atomic mass is 32.2. The molecule has 0 radical (unpaired) electrons. The van der Waals surface area contributed by atoms with Gasteiger partial charge in [0.15, 0.2) is 0 Å². The Hall–Kier alpha value is -1.00. The van der Waals surface area contributed by atoms with Crippen LogP contribution < -0.4 is 5.48 Å². The van der Waals surface area contributed by atoms with Gasteiger partial charge in [0, 0.05) is 4.90 Å². The second kappa shape index (κ2) is 5.37. The van der Waals surface area contributed by atoms with Gasteiger partial charge in [-0.25, -0.2) is 5.48 Å². The number of amides is 1. The largest absolute Gasteiger partial charge is 0.275 e. The molecule has 1 aromatic rings. The van der Waals surface area contributed by atoms with Crippen LogP contribution in [0.5, 0.6) is 0 Å². The van der Waals surface area contributed by atoms with E-state index in [9.17, 15) is 4.79 Å². The highest BCUT2D eigenvalue weighted by Gasteiger charge is 2.15. The van der Waals surface area contributed by atoms with E-state index in [0.717, 1.165) is 4.90 Å². The maximum atomic E-state index is 11.8. The van der Waals surface area contributed by atoms with Gasteiger partial charge < -0.3 is 0 Å². The van der Waals surface area contributed by atoms with Crippen molar-refractivity contribution in [3.8, 4) is 0 Å². The van der Waals surface area contributed by atoms with Crippen molar-refractivity contribution in [2.75, 3.05) is 6.26 Å². The molecule has 1 amide bonds. The standard InChI is InChI=1S/C12H17NO2S/c1-12(2,3)15-13-11(14)9-7-5-6-8-10(9)16-4/h5-8H,1-4H3,(H,13,14). The average molecular weight is 239 g/mol. The summed E-state index contributed by atoms with van der Waals surface area (Å²) in [4.78, 5) is 18.0. The Kier molecular flexibility index (Phi) is 4.38. The molecule has 88 valence electrons. The second-order valence-electron chi connectivity index (χ2n) is 4.35. The molecular formula is C12H17NO2S. The third kappa shape index (κ3) is 3.87. The molecule has 0 aromatic heterocycles. The Morgan fingerprint density at radius 1 is 1.31 bits per heavy atom. The van der Waals surface area contributed by atoms with Crippen molar-refractivity contribution in [3.05, 3.63) is 29.8 Å². The molecular weight excluding hydrogens is 222 g/mol. The van der Waals surface area contributed by atoms with Crippen molar-refractivity contribution < 1.29 is 9.63 Å². The van der Waals surface area contributed by atoms with E-state index in [4.69, 9.17) is 4.84 Å². The monoisotopic (exact) mass is 239 g/mol. The molecule has 0 aliphatic heterocycles. The number of carbonyl (C=O) groups is 1. The molecule has 0 fully saturated rings. The van der Waals surface area contributed by atoms with E-state index in [1.165, 1.54) is 0 Å². The van der Waals surface area contributed by atoms with E-state index in [1.807, 2.05) is 45.2 Å². The lowest BCUT2D eigenvalue weighted by molar-refractivity contribution is -0.0590. The smallest absolute Gasteiger partial charge is 0.268 e. The van der Waals surface area contributed by atoms with Crippen molar-refractivity contribution in [2.24, 2.45) is 0 Å². The lowest BCUT2D eigenvalue weighted by Gasteiger charge is -2.19. The molecule has 1 rings (SSSR count). The third-order valence-electron chi connectivity index (χ3n) is 1.80. The number of hydroxylamine groups is 1. The van der Waals surface area contributed by atoms with Crippen LogP contribution in [0, 0.1) is 0 Å². The Morgan fingerprint density at radius 2 is 1.94 bits per heavy atom. The molecule has 0 spiro atoms. The van der Waals surface area contributed by atoms with Crippen molar-refractivity contribution in [1.29, 1.82) is 0 Å². The van der Waals surface area contributed by atoms with Gasteiger partial charge in [-0.2, -0.15) is 0 Å². The van der Waals surface area contributed by atoms with Gasteiger partial charge in [0.1, 0.15) is 0 Å². The van der Waals surface area contributed by atoms with Crippen LogP contribution in [-0.2, 0) is 4.84 Å². The zero-order valence-electron chi connectivity index (χ0n) is 10.0. The molecule has 0 bridgehead atoms. The normalized spacial score (nSPS) is 11.2. The Morgan fingerprint density at radius 3 is 2.50 bits per heavy atom. The van der Waals surface area contributed by atoms with Crippen LogP contribution in [0.3, 0.4) is 0 Å². The van der Waals surface area contributed by atoms with E-state index < -0.39 is 0 Å². The summed E-state index contributed by atoms with van der Waals surface area (Å²) in [6, 6.07) is 7.45. The number of carbonyl (C=O) groups excluding carboxylic acids is 1. The SMILES string of the molecule is CSc1ccccc1C(=O)NOC(C)(C)C. The topological polar surface area (TPSA) is 38.3 Å². The first kappa shape index (κ1) is 13.1. The zero-order chi connectivity index (χ0) is 12.2. The maximum absolute atomic E-state index is 11.8. The van der Waals surface area contributed by atoms with Crippen molar-refractivity contribution in [1.82, 2.24) is 5.48 Å². The van der Waals surface area contributed by atoms with Gasteiger partial charge in [0.2, 0.25) is 0 Å². The zero-order valence-corrected chi connectivity index (χ0v) is 10.9. The molecule has 0 saturated heterocycles. The van der Waals surface area contributed by atoms with Crippen LogP contribution in [0.25, 0.3) is 0 Å². The summed E-state index contributed by atoms with van der Waals surface area (Å²) in [5, 5.41) is 0. The Labute approximate surface area is 101 Å². The molecule has 16 heavy (non-hydrogen) atoms. The molecule has 3 nitrogen and oxygen atoms in total. The number of rotatable bonds is 3. The van der Waals surface area contributed by atoms with Gasteiger partial charge in [-0.1, -0.05) is 12.1 Å². The molecule has 1 N–H and O–H groups in total. The van der Waals surface area contributed by atoms with E-state index in [2.05, 4.69) is 5.48 Å². The molecule has 0 atom stereocenters. The van der Waals surface area contributed by atoms with E-state index >= 15 is 0 Å². The first-order chi connectivity index (χ1) is 7.44. The number of thioether (sulfide) groups is 1. The summed E-state index contributed by atoms with van der Waals surface area (Å²) in [7, 11) is 0.